The van der Waals surface area contributed by atoms with E-state index in [1.54, 1.807) is 0 Å². The van der Waals surface area contributed by atoms with Crippen LogP contribution in [0.5, 0.6) is 0 Å². The molecule has 2 aliphatic rings. The second-order valence-electron chi connectivity index (χ2n) is 5.12. The molecule has 4 unspecified atom stereocenters. The van der Waals surface area contributed by atoms with Gasteiger partial charge in [0, 0.05) is 5.41 Å². The molecule has 2 aliphatic carbocycles. The number of rotatable bonds is 1. The van der Waals surface area contributed by atoms with E-state index in [-0.39, 0.29) is 17.9 Å². The summed E-state index contributed by atoms with van der Waals surface area (Å²) in [5.41, 5.74) is -0.600. The van der Waals surface area contributed by atoms with Crippen molar-refractivity contribution in [2.24, 2.45) is 16.7 Å². The lowest BCUT2D eigenvalue weighted by Crippen LogP contribution is -2.44. The van der Waals surface area contributed by atoms with Crippen LogP contribution in [0.25, 0.3) is 0 Å². The van der Waals surface area contributed by atoms with Crippen LogP contribution in [0.15, 0.2) is 0 Å². The molecule has 2 saturated carbocycles. The Hall–Kier alpha value is -0.120. The van der Waals surface area contributed by atoms with Crippen LogP contribution in [-0.4, -0.2) is 34.1 Å². The topological polar surface area (TPSA) is 60.7 Å². The fourth-order valence-corrected chi connectivity index (χ4v) is 3.52. The minimum Gasteiger partial charge on any atom is -0.396 e. The number of hydrogen-bond acceptors (Lipinski definition) is 3. The van der Waals surface area contributed by atoms with Crippen LogP contribution in [0, 0.1) is 16.7 Å². The number of aliphatic hydroxyl groups is 3. The summed E-state index contributed by atoms with van der Waals surface area (Å²) in [5, 5.41) is 29.0. The number of hydrogen-bond donors (Lipinski definition) is 3. The lowest BCUT2D eigenvalue weighted by atomic mass is 9.69. The second-order valence-corrected chi connectivity index (χ2v) is 5.12. The number of fused-ring (bicyclic) bond motifs is 2. The summed E-state index contributed by atoms with van der Waals surface area (Å²) in [6, 6.07) is 0. The minimum atomic E-state index is -0.744. The average Bonchev–Trinajstić information content (AvgIpc) is 2.41. The molecule has 0 amide bonds. The molecule has 4 atom stereocenters. The van der Waals surface area contributed by atoms with Crippen LogP contribution in [0.3, 0.4) is 0 Å². The van der Waals surface area contributed by atoms with Gasteiger partial charge in [-0.2, -0.15) is 0 Å². The van der Waals surface area contributed by atoms with Gasteiger partial charge >= 0.3 is 0 Å². The predicted molar refractivity (Wildman–Crippen MR) is 48.0 cm³/mol. The summed E-state index contributed by atoms with van der Waals surface area (Å²) in [7, 11) is 0. The quantitative estimate of drug-likeness (QED) is 0.546. The van der Waals surface area contributed by atoms with Crippen molar-refractivity contribution in [3.63, 3.8) is 0 Å². The maximum absolute atomic E-state index is 9.86. The fraction of sp³-hybridized carbons (Fsp3) is 1.00. The van der Waals surface area contributed by atoms with Crippen molar-refractivity contribution in [3.05, 3.63) is 0 Å². The minimum absolute atomic E-state index is 0.0191. The lowest BCUT2D eigenvalue weighted by Gasteiger charge is -2.38. The predicted octanol–water partition coefficient (Wildman–Crippen LogP) is 0.137. The zero-order chi connectivity index (χ0) is 9.85. The summed E-state index contributed by atoms with van der Waals surface area (Å²) >= 11 is 0. The van der Waals surface area contributed by atoms with Gasteiger partial charge in [0.2, 0.25) is 0 Å². The van der Waals surface area contributed by atoms with Crippen molar-refractivity contribution in [2.75, 3.05) is 6.61 Å². The molecule has 3 heteroatoms. The van der Waals surface area contributed by atoms with E-state index in [1.807, 2.05) is 13.8 Å². The van der Waals surface area contributed by atoms with Crippen molar-refractivity contribution in [1.82, 2.24) is 0 Å². The van der Waals surface area contributed by atoms with E-state index in [2.05, 4.69) is 0 Å². The maximum atomic E-state index is 9.86. The largest absolute Gasteiger partial charge is 0.396 e. The number of aliphatic hydroxyl groups excluding tert-OH is 3. The Morgan fingerprint density at radius 1 is 1.31 bits per heavy atom. The Bertz CT molecular complexity index is 226. The highest BCUT2D eigenvalue weighted by molar-refractivity contribution is 5.16. The monoisotopic (exact) mass is 186 g/mol. The molecule has 0 aromatic heterocycles. The highest BCUT2D eigenvalue weighted by Gasteiger charge is 2.67. The van der Waals surface area contributed by atoms with Crippen molar-refractivity contribution in [3.8, 4) is 0 Å². The Morgan fingerprint density at radius 3 is 2.23 bits per heavy atom. The van der Waals surface area contributed by atoms with Crippen molar-refractivity contribution < 1.29 is 15.3 Å². The van der Waals surface area contributed by atoms with E-state index in [4.69, 9.17) is 0 Å². The zero-order valence-corrected chi connectivity index (χ0v) is 8.20. The standard InChI is InChI=1S/C10H18O3/c1-9(2)6-3-4-10(9,5-11)8(13)7(6)12/h6-8,11-13H,3-5H2,1-2H3. The first-order valence-electron chi connectivity index (χ1n) is 4.94. The molecule has 2 fully saturated rings. The van der Waals surface area contributed by atoms with E-state index < -0.39 is 17.6 Å². The highest BCUT2D eigenvalue weighted by Crippen LogP contribution is 2.65. The third-order valence-electron chi connectivity index (χ3n) is 4.70. The zero-order valence-electron chi connectivity index (χ0n) is 8.20. The molecular weight excluding hydrogens is 168 g/mol. The molecule has 3 N–H and O–H groups in total. The van der Waals surface area contributed by atoms with Crippen LogP contribution in [0.4, 0.5) is 0 Å². The van der Waals surface area contributed by atoms with E-state index in [0.29, 0.717) is 0 Å². The first kappa shape index (κ1) is 9.44. The highest BCUT2D eigenvalue weighted by atomic mass is 16.3. The van der Waals surface area contributed by atoms with Gasteiger partial charge in [0.15, 0.2) is 0 Å². The van der Waals surface area contributed by atoms with Gasteiger partial charge in [-0.3, -0.25) is 0 Å². The van der Waals surface area contributed by atoms with E-state index in [1.165, 1.54) is 0 Å². The molecule has 0 heterocycles. The third kappa shape index (κ3) is 0.808. The van der Waals surface area contributed by atoms with Gasteiger partial charge in [0.1, 0.15) is 0 Å². The van der Waals surface area contributed by atoms with E-state index in [9.17, 15) is 15.3 Å². The van der Waals surface area contributed by atoms with Gasteiger partial charge in [0.25, 0.3) is 0 Å². The lowest BCUT2D eigenvalue weighted by molar-refractivity contribution is -0.0822. The van der Waals surface area contributed by atoms with E-state index >= 15 is 0 Å². The molecule has 0 aromatic rings. The molecule has 0 spiro atoms. The Labute approximate surface area is 78.4 Å². The molecular formula is C10H18O3. The summed E-state index contributed by atoms with van der Waals surface area (Å²) in [4.78, 5) is 0. The molecule has 0 aliphatic heterocycles. The molecule has 3 nitrogen and oxygen atoms in total. The summed E-state index contributed by atoms with van der Waals surface area (Å²) < 4.78 is 0. The molecule has 76 valence electrons. The first-order chi connectivity index (χ1) is 5.97. The van der Waals surface area contributed by atoms with Crippen LogP contribution in [0.2, 0.25) is 0 Å². The van der Waals surface area contributed by atoms with Gasteiger partial charge in [-0.1, -0.05) is 13.8 Å². The van der Waals surface area contributed by atoms with E-state index in [0.717, 1.165) is 12.8 Å². The van der Waals surface area contributed by atoms with Gasteiger partial charge in [-0.05, 0) is 24.2 Å². The Kier molecular flexibility index (Phi) is 1.79. The second kappa shape index (κ2) is 2.47. The van der Waals surface area contributed by atoms with Crippen molar-refractivity contribution >= 4 is 0 Å². The van der Waals surface area contributed by atoms with Crippen LogP contribution >= 0.6 is 0 Å². The maximum Gasteiger partial charge on any atom is 0.0885 e. The van der Waals surface area contributed by atoms with Crippen LogP contribution in [-0.2, 0) is 0 Å². The van der Waals surface area contributed by atoms with Gasteiger partial charge in [-0.25, -0.2) is 0 Å². The van der Waals surface area contributed by atoms with Crippen LogP contribution < -0.4 is 0 Å². The summed E-state index contributed by atoms with van der Waals surface area (Å²) in [6.07, 6.45) is 0.368. The third-order valence-corrected chi connectivity index (χ3v) is 4.70. The van der Waals surface area contributed by atoms with Crippen molar-refractivity contribution in [2.45, 2.75) is 38.9 Å². The molecule has 0 radical (unpaired) electrons. The summed E-state index contributed by atoms with van der Waals surface area (Å²) in [6.45, 7) is 4.06. The molecule has 2 bridgehead atoms. The van der Waals surface area contributed by atoms with Crippen molar-refractivity contribution in [1.29, 1.82) is 0 Å². The van der Waals surface area contributed by atoms with Crippen LogP contribution in [0.1, 0.15) is 26.7 Å². The Balaban J connectivity index is 2.44. The SMILES string of the molecule is CC1(C)C2CCC1(CO)C(O)C2O. The smallest absolute Gasteiger partial charge is 0.0885 e. The van der Waals surface area contributed by atoms with Gasteiger partial charge < -0.3 is 15.3 Å². The molecule has 0 aromatic carbocycles. The van der Waals surface area contributed by atoms with Gasteiger partial charge in [0.05, 0.1) is 18.8 Å². The normalized spacial score (nSPS) is 52.8. The Morgan fingerprint density at radius 2 is 1.92 bits per heavy atom. The average molecular weight is 186 g/mol. The summed E-state index contributed by atoms with van der Waals surface area (Å²) in [5.74, 6) is 0.148. The molecule has 0 saturated heterocycles. The fourth-order valence-electron chi connectivity index (χ4n) is 3.52. The first-order valence-corrected chi connectivity index (χ1v) is 4.94. The van der Waals surface area contributed by atoms with Gasteiger partial charge in [-0.15, -0.1) is 0 Å². The molecule has 13 heavy (non-hydrogen) atoms. The molecule has 2 rings (SSSR count).